The average molecular weight is 711 g/mol. The molecule has 0 bridgehead atoms. The number of hydrogen-bond acceptors (Lipinski definition) is 2. The highest BCUT2D eigenvalue weighted by atomic mass is 32.1. The molecule has 0 amide bonds. The fourth-order valence-electron chi connectivity index (χ4n) is 9.25. The van der Waals surface area contributed by atoms with Crippen LogP contribution in [0.3, 0.4) is 0 Å². The molecule has 3 heteroatoms. The van der Waals surface area contributed by atoms with E-state index >= 15 is 0 Å². The van der Waals surface area contributed by atoms with Gasteiger partial charge in [0.15, 0.2) is 0 Å². The molecule has 2 heterocycles. The summed E-state index contributed by atoms with van der Waals surface area (Å²) in [7, 11) is 0. The van der Waals surface area contributed by atoms with Gasteiger partial charge < -0.3 is 9.47 Å². The molecule has 0 saturated carbocycles. The van der Waals surface area contributed by atoms with Gasteiger partial charge in [-0.2, -0.15) is 0 Å². The summed E-state index contributed by atoms with van der Waals surface area (Å²) >= 11 is 1.87. The molecule has 0 N–H and O–H groups in total. The Morgan fingerprint density at radius 2 is 1.17 bits per heavy atom. The number of aromatic nitrogens is 1. The van der Waals surface area contributed by atoms with E-state index in [4.69, 9.17) is 0 Å². The minimum atomic E-state index is 0.0184. The fourth-order valence-corrected chi connectivity index (χ4v) is 10.3. The van der Waals surface area contributed by atoms with Crippen LogP contribution < -0.4 is 4.90 Å². The Morgan fingerprint density at radius 3 is 1.89 bits per heavy atom. The van der Waals surface area contributed by atoms with Gasteiger partial charge in [-0.25, -0.2) is 0 Å². The Hall–Kier alpha value is -6.16. The number of benzene rings is 7. The molecule has 2 aromatic heterocycles. The van der Waals surface area contributed by atoms with Crippen molar-refractivity contribution in [3.63, 3.8) is 0 Å². The fraction of sp³-hybridized carbons (Fsp3) is 0.0980. The van der Waals surface area contributed by atoms with Gasteiger partial charge in [-0.15, -0.1) is 11.3 Å². The van der Waals surface area contributed by atoms with Crippen molar-refractivity contribution in [3.05, 3.63) is 187 Å². The normalized spacial score (nSPS) is 14.7. The summed E-state index contributed by atoms with van der Waals surface area (Å²) in [5.41, 5.74) is 15.5. The van der Waals surface area contributed by atoms with Crippen LogP contribution in [0.4, 0.5) is 17.1 Å². The van der Waals surface area contributed by atoms with E-state index in [9.17, 15) is 0 Å². The summed E-state index contributed by atoms with van der Waals surface area (Å²) in [6.07, 6.45) is 7.00. The van der Waals surface area contributed by atoms with Crippen molar-refractivity contribution in [3.8, 4) is 16.8 Å². The minimum absolute atomic E-state index is 0.0184. The van der Waals surface area contributed by atoms with Gasteiger partial charge in [-0.3, -0.25) is 0 Å². The van der Waals surface area contributed by atoms with E-state index < -0.39 is 0 Å². The zero-order valence-electron chi connectivity index (χ0n) is 30.4. The number of anilines is 3. The summed E-state index contributed by atoms with van der Waals surface area (Å²) < 4.78 is 5.08. The lowest BCUT2D eigenvalue weighted by Gasteiger charge is -2.25. The molecule has 2 nitrogen and oxygen atoms in total. The van der Waals surface area contributed by atoms with Gasteiger partial charge in [0.2, 0.25) is 0 Å². The summed E-state index contributed by atoms with van der Waals surface area (Å²) in [6.45, 7) is 4.84. The summed E-state index contributed by atoms with van der Waals surface area (Å²) in [6, 6.07) is 58.2. The molecule has 11 rings (SSSR count). The highest BCUT2D eigenvalue weighted by Gasteiger charge is 2.38. The van der Waals surface area contributed by atoms with Crippen LogP contribution in [0, 0.1) is 0 Å². The second kappa shape index (κ2) is 11.9. The lowest BCUT2D eigenvalue weighted by atomic mass is 9.78. The maximum absolute atomic E-state index is 2.50. The van der Waals surface area contributed by atoms with Crippen LogP contribution in [0.1, 0.15) is 37.8 Å². The number of rotatable bonds is 5. The van der Waals surface area contributed by atoms with Crippen LogP contribution in [-0.2, 0) is 5.41 Å². The lowest BCUT2D eigenvalue weighted by molar-refractivity contribution is 0.608. The zero-order chi connectivity index (χ0) is 36.0. The number of hydrogen-bond donors (Lipinski definition) is 0. The molecule has 0 atom stereocenters. The molecule has 0 spiro atoms. The van der Waals surface area contributed by atoms with Crippen molar-refractivity contribution in [2.24, 2.45) is 0 Å². The molecule has 9 aromatic rings. The molecule has 2 aliphatic rings. The first-order valence-corrected chi connectivity index (χ1v) is 19.8. The van der Waals surface area contributed by atoms with E-state index in [0.29, 0.717) is 0 Å². The van der Waals surface area contributed by atoms with Gasteiger partial charge in [0.05, 0.1) is 11.0 Å². The minimum Gasteiger partial charge on any atom is -0.310 e. The standard InChI is InChI=1S/C51H38N2S/c1-51(2)45-21-13-12-20-39(45)40-31-42-41-28-33(22-25-47(41)53(48(42)32-46(40)51)37-18-10-5-11-19-37)34-23-26-49-43(29-34)44-30-38(24-27-50(44)54-49)52(35-14-6-3-7-15-35)36-16-8-4-9-17-36/h3-12,14-20,22-32H,13,21H2,1-2H3. The third-order valence-electron chi connectivity index (χ3n) is 11.9. The van der Waals surface area contributed by atoms with Crippen LogP contribution in [0.25, 0.3) is 64.4 Å². The Kier molecular flexibility index (Phi) is 6.93. The maximum Gasteiger partial charge on any atom is 0.0544 e. The molecule has 2 aliphatic carbocycles. The molecule has 0 aliphatic heterocycles. The molecule has 0 fully saturated rings. The van der Waals surface area contributed by atoms with E-state index in [0.717, 1.165) is 29.9 Å². The maximum atomic E-state index is 2.50. The summed E-state index contributed by atoms with van der Waals surface area (Å²) in [5, 5.41) is 5.19. The van der Waals surface area contributed by atoms with E-state index in [1.807, 2.05) is 11.3 Å². The second-order valence-corrected chi connectivity index (χ2v) is 16.4. The smallest absolute Gasteiger partial charge is 0.0544 e. The number of fused-ring (bicyclic) bond motifs is 8. The highest BCUT2D eigenvalue weighted by molar-refractivity contribution is 7.25. The van der Waals surface area contributed by atoms with E-state index in [2.05, 4.69) is 193 Å². The van der Waals surface area contributed by atoms with Crippen LogP contribution >= 0.6 is 11.3 Å². The lowest BCUT2D eigenvalue weighted by Crippen LogP contribution is -2.17. The molecule has 0 radical (unpaired) electrons. The first kappa shape index (κ1) is 31.4. The largest absolute Gasteiger partial charge is 0.310 e. The Morgan fingerprint density at radius 1 is 0.556 bits per heavy atom. The predicted molar refractivity (Wildman–Crippen MR) is 232 cm³/mol. The number of para-hydroxylation sites is 3. The van der Waals surface area contributed by atoms with Crippen molar-refractivity contribution in [2.45, 2.75) is 32.1 Å². The van der Waals surface area contributed by atoms with Crippen molar-refractivity contribution < 1.29 is 0 Å². The molecular weight excluding hydrogens is 673 g/mol. The first-order valence-electron chi connectivity index (χ1n) is 19.0. The second-order valence-electron chi connectivity index (χ2n) is 15.3. The number of thiophene rings is 1. The quantitative estimate of drug-likeness (QED) is 0.173. The highest BCUT2D eigenvalue weighted by Crippen LogP contribution is 2.52. The first-order chi connectivity index (χ1) is 26.5. The molecule has 54 heavy (non-hydrogen) atoms. The number of allylic oxidation sites excluding steroid dienone is 4. The molecule has 7 aromatic carbocycles. The van der Waals surface area contributed by atoms with Gasteiger partial charge in [0.25, 0.3) is 0 Å². The Balaban J connectivity index is 1.09. The van der Waals surface area contributed by atoms with Gasteiger partial charge in [-0.1, -0.05) is 98.3 Å². The number of nitrogens with zero attached hydrogens (tertiary/aromatic N) is 2. The topological polar surface area (TPSA) is 8.17 Å². The van der Waals surface area contributed by atoms with E-state index in [1.165, 1.54) is 75.5 Å². The average Bonchev–Trinajstić information content (AvgIpc) is 3.83. The Labute approximate surface area is 319 Å². The van der Waals surface area contributed by atoms with Crippen molar-refractivity contribution in [1.29, 1.82) is 0 Å². The summed E-state index contributed by atoms with van der Waals surface area (Å²) in [4.78, 5) is 2.35. The van der Waals surface area contributed by atoms with E-state index in [-0.39, 0.29) is 5.41 Å². The SMILES string of the molecule is CC1(C)C2=C(C=CCC2)c2cc3c4cc(-c5ccc6sc7ccc(N(c8ccccc8)c8ccccc8)cc7c6c5)ccc4n(-c4ccccc4)c3cc21. The van der Waals surface area contributed by atoms with Gasteiger partial charge in [0.1, 0.15) is 0 Å². The summed E-state index contributed by atoms with van der Waals surface area (Å²) in [5.74, 6) is 0. The third kappa shape index (κ3) is 4.71. The predicted octanol–water partition coefficient (Wildman–Crippen LogP) is 14.7. The van der Waals surface area contributed by atoms with Crippen molar-refractivity contribution >= 4 is 76.0 Å². The van der Waals surface area contributed by atoms with Crippen LogP contribution in [0.5, 0.6) is 0 Å². The van der Waals surface area contributed by atoms with Gasteiger partial charge >= 0.3 is 0 Å². The Bertz CT molecular complexity index is 2960. The monoisotopic (exact) mass is 710 g/mol. The molecule has 0 saturated heterocycles. The van der Waals surface area contributed by atoms with Crippen molar-refractivity contribution in [1.82, 2.24) is 4.57 Å². The molecule has 0 unspecified atom stereocenters. The van der Waals surface area contributed by atoms with Gasteiger partial charge in [0, 0.05) is 59.1 Å². The zero-order valence-corrected chi connectivity index (χ0v) is 31.2. The van der Waals surface area contributed by atoms with Crippen molar-refractivity contribution in [2.75, 3.05) is 4.90 Å². The molecular formula is C51H38N2S. The van der Waals surface area contributed by atoms with Crippen LogP contribution in [0.2, 0.25) is 0 Å². The van der Waals surface area contributed by atoms with Crippen LogP contribution in [0.15, 0.2) is 175 Å². The van der Waals surface area contributed by atoms with Gasteiger partial charge in [-0.05, 0) is 132 Å². The third-order valence-corrected chi connectivity index (χ3v) is 13.0. The van der Waals surface area contributed by atoms with E-state index in [1.54, 1.807) is 5.57 Å². The molecule has 258 valence electrons. The van der Waals surface area contributed by atoms with Crippen LogP contribution in [-0.4, -0.2) is 4.57 Å².